The predicted octanol–water partition coefficient (Wildman–Crippen LogP) is 3.05. The third-order valence-electron chi connectivity index (χ3n) is 4.55. The Morgan fingerprint density at radius 1 is 1.19 bits per heavy atom. The van der Waals surface area contributed by atoms with Gasteiger partial charge in [-0.15, -0.1) is 0 Å². The number of rotatable bonds is 8. The van der Waals surface area contributed by atoms with Crippen molar-refractivity contribution in [1.82, 2.24) is 9.88 Å². The molecule has 0 amide bonds. The SMILES string of the molecule is Cc1ccc(C(CC(=O)O)c2ccn(C)c(=O)c2)cc1CNCC(C)C. The Morgan fingerprint density at radius 3 is 2.50 bits per heavy atom. The van der Waals surface area contributed by atoms with Crippen molar-refractivity contribution in [3.8, 4) is 0 Å². The zero-order chi connectivity index (χ0) is 19.3. The number of aromatic nitrogens is 1. The Labute approximate surface area is 154 Å². The molecule has 140 valence electrons. The molecule has 2 N–H and O–H groups in total. The van der Waals surface area contributed by atoms with Crippen molar-refractivity contribution in [1.29, 1.82) is 0 Å². The second-order valence-corrected chi connectivity index (χ2v) is 7.27. The first kappa shape index (κ1) is 19.9. The second-order valence-electron chi connectivity index (χ2n) is 7.27. The lowest BCUT2D eigenvalue weighted by atomic mass is 9.87. The average Bonchev–Trinajstić information content (AvgIpc) is 2.56. The first-order chi connectivity index (χ1) is 12.3. The first-order valence-corrected chi connectivity index (χ1v) is 8.96. The van der Waals surface area contributed by atoms with E-state index >= 15 is 0 Å². The van der Waals surface area contributed by atoms with Crippen molar-refractivity contribution in [3.05, 3.63) is 69.1 Å². The standard InChI is InChI=1S/C21H28N2O3/c1-14(2)12-22-13-18-9-16(6-5-15(18)3)19(11-21(25)26)17-7-8-23(4)20(24)10-17/h5-10,14,19,22H,11-13H2,1-4H3,(H,25,26). The minimum Gasteiger partial charge on any atom is -0.481 e. The summed E-state index contributed by atoms with van der Waals surface area (Å²) in [5.74, 6) is -0.652. The van der Waals surface area contributed by atoms with Gasteiger partial charge < -0.3 is 15.0 Å². The summed E-state index contributed by atoms with van der Waals surface area (Å²) in [4.78, 5) is 23.4. The largest absolute Gasteiger partial charge is 0.481 e. The van der Waals surface area contributed by atoms with Gasteiger partial charge in [-0.3, -0.25) is 9.59 Å². The first-order valence-electron chi connectivity index (χ1n) is 8.96. The van der Waals surface area contributed by atoms with Gasteiger partial charge in [-0.1, -0.05) is 32.0 Å². The van der Waals surface area contributed by atoms with Crippen LogP contribution in [0.25, 0.3) is 0 Å². The van der Waals surface area contributed by atoms with Crippen LogP contribution in [0.5, 0.6) is 0 Å². The molecule has 0 bridgehead atoms. The maximum absolute atomic E-state index is 12.0. The summed E-state index contributed by atoms with van der Waals surface area (Å²) in [7, 11) is 1.68. The number of pyridine rings is 1. The van der Waals surface area contributed by atoms with E-state index in [0.717, 1.165) is 29.8 Å². The lowest BCUT2D eigenvalue weighted by molar-refractivity contribution is -0.137. The summed E-state index contributed by atoms with van der Waals surface area (Å²) >= 11 is 0. The highest BCUT2D eigenvalue weighted by atomic mass is 16.4. The van der Waals surface area contributed by atoms with Crippen molar-refractivity contribution in [3.63, 3.8) is 0 Å². The van der Waals surface area contributed by atoms with Gasteiger partial charge in [-0.2, -0.15) is 0 Å². The van der Waals surface area contributed by atoms with E-state index in [0.29, 0.717) is 5.92 Å². The van der Waals surface area contributed by atoms with Crippen molar-refractivity contribution in [2.75, 3.05) is 6.54 Å². The third kappa shape index (κ3) is 5.30. The van der Waals surface area contributed by atoms with Crippen LogP contribution in [0.15, 0.2) is 41.3 Å². The van der Waals surface area contributed by atoms with Gasteiger partial charge in [0.05, 0.1) is 6.42 Å². The lowest BCUT2D eigenvalue weighted by Gasteiger charge is -2.19. The van der Waals surface area contributed by atoms with Crippen LogP contribution >= 0.6 is 0 Å². The van der Waals surface area contributed by atoms with E-state index in [1.165, 1.54) is 16.2 Å². The summed E-state index contributed by atoms with van der Waals surface area (Å²) < 4.78 is 1.48. The summed E-state index contributed by atoms with van der Waals surface area (Å²) in [5.41, 5.74) is 3.85. The van der Waals surface area contributed by atoms with Gasteiger partial charge >= 0.3 is 5.97 Å². The summed E-state index contributed by atoms with van der Waals surface area (Å²) in [6.45, 7) is 8.05. The van der Waals surface area contributed by atoms with Crippen LogP contribution in [0, 0.1) is 12.8 Å². The van der Waals surface area contributed by atoms with Crippen molar-refractivity contribution in [2.45, 2.75) is 39.7 Å². The van der Waals surface area contributed by atoms with Gasteiger partial charge in [0, 0.05) is 31.8 Å². The predicted molar refractivity (Wildman–Crippen MR) is 104 cm³/mol. The molecule has 0 saturated heterocycles. The summed E-state index contributed by atoms with van der Waals surface area (Å²) in [5, 5.41) is 12.8. The molecule has 1 unspecified atom stereocenters. The molecule has 0 fully saturated rings. The number of benzene rings is 1. The van der Waals surface area contributed by atoms with Crippen LogP contribution < -0.4 is 10.9 Å². The lowest BCUT2D eigenvalue weighted by Crippen LogP contribution is -2.20. The van der Waals surface area contributed by atoms with Crippen LogP contribution in [-0.2, 0) is 18.4 Å². The smallest absolute Gasteiger partial charge is 0.304 e. The van der Waals surface area contributed by atoms with E-state index in [1.54, 1.807) is 13.2 Å². The summed E-state index contributed by atoms with van der Waals surface area (Å²) in [6.07, 6.45) is 1.64. The third-order valence-corrected chi connectivity index (χ3v) is 4.55. The highest BCUT2D eigenvalue weighted by Crippen LogP contribution is 2.29. The van der Waals surface area contributed by atoms with E-state index in [-0.39, 0.29) is 17.9 Å². The molecule has 0 aliphatic carbocycles. The Hall–Kier alpha value is -2.40. The van der Waals surface area contributed by atoms with E-state index in [4.69, 9.17) is 0 Å². The van der Waals surface area contributed by atoms with Crippen molar-refractivity contribution in [2.24, 2.45) is 13.0 Å². The average molecular weight is 356 g/mol. The minimum atomic E-state index is -0.879. The number of aryl methyl sites for hydroxylation is 2. The second kappa shape index (κ2) is 8.81. The van der Waals surface area contributed by atoms with Gasteiger partial charge in [-0.05, 0) is 47.7 Å². The van der Waals surface area contributed by atoms with Gasteiger partial charge in [0.15, 0.2) is 0 Å². The Bertz CT molecular complexity index is 824. The van der Waals surface area contributed by atoms with E-state index in [1.807, 2.05) is 18.2 Å². The summed E-state index contributed by atoms with van der Waals surface area (Å²) in [6, 6.07) is 9.41. The molecule has 1 aromatic carbocycles. The molecule has 1 atom stereocenters. The molecular weight excluding hydrogens is 328 g/mol. The monoisotopic (exact) mass is 356 g/mol. The number of carbonyl (C=O) groups is 1. The number of carboxylic acid groups (broad SMARTS) is 1. The number of carboxylic acids is 1. The number of nitrogens with zero attached hydrogens (tertiary/aromatic N) is 1. The van der Waals surface area contributed by atoms with E-state index in [2.05, 4.69) is 32.2 Å². The molecule has 26 heavy (non-hydrogen) atoms. The zero-order valence-corrected chi connectivity index (χ0v) is 16.0. The fourth-order valence-corrected chi connectivity index (χ4v) is 2.98. The molecule has 0 aliphatic heterocycles. The maximum Gasteiger partial charge on any atom is 0.304 e. The fourth-order valence-electron chi connectivity index (χ4n) is 2.98. The molecule has 2 aromatic rings. The molecule has 1 aromatic heterocycles. The van der Waals surface area contributed by atoms with Gasteiger partial charge in [-0.25, -0.2) is 0 Å². The van der Waals surface area contributed by atoms with E-state index < -0.39 is 5.97 Å². The van der Waals surface area contributed by atoms with Crippen LogP contribution in [0.3, 0.4) is 0 Å². The Morgan fingerprint density at radius 2 is 1.88 bits per heavy atom. The number of hydrogen-bond donors (Lipinski definition) is 2. The van der Waals surface area contributed by atoms with Gasteiger partial charge in [0.25, 0.3) is 5.56 Å². The fraction of sp³-hybridized carbons (Fsp3) is 0.429. The Kier molecular flexibility index (Phi) is 6.75. The van der Waals surface area contributed by atoms with Crippen molar-refractivity contribution < 1.29 is 9.90 Å². The molecule has 0 saturated carbocycles. The number of aliphatic carboxylic acids is 1. The molecule has 0 aliphatic rings. The molecule has 0 radical (unpaired) electrons. The highest BCUT2D eigenvalue weighted by Gasteiger charge is 2.19. The van der Waals surface area contributed by atoms with Crippen LogP contribution in [0.4, 0.5) is 0 Å². The maximum atomic E-state index is 12.0. The highest BCUT2D eigenvalue weighted by molar-refractivity contribution is 5.69. The molecular formula is C21H28N2O3. The number of hydrogen-bond acceptors (Lipinski definition) is 3. The van der Waals surface area contributed by atoms with Crippen LogP contribution in [0.2, 0.25) is 0 Å². The molecule has 5 nitrogen and oxygen atoms in total. The molecule has 0 spiro atoms. The molecule has 1 heterocycles. The van der Waals surface area contributed by atoms with E-state index in [9.17, 15) is 14.7 Å². The molecule has 2 rings (SSSR count). The normalized spacial score (nSPS) is 12.3. The van der Waals surface area contributed by atoms with Crippen LogP contribution in [0.1, 0.15) is 48.4 Å². The minimum absolute atomic E-state index is 0.0465. The van der Waals surface area contributed by atoms with Crippen molar-refractivity contribution >= 4 is 5.97 Å². The van der Waals surface area contributed by atoms with Gasteiger partial charge in [0.1, 0.15) is 0 Å². The number of nitrogens with one attached hydrogen (secondary N) is 1. The topological polar surface area (TPSA) is 71.3 Å². The quantitative estimate of drug-likeness (QED) is 0.763. The van der Waals surface area contributed by atoms with Gasteiger partial charge in [0.2, 0.25) is 0 Å². The molecule has 5 heteroatoms. The Balaban J connectivity index is 2.36. The van der Waals surface area contributed by atoms with Crippen LogP contribution in [-0.4, -0.2) is 22.2 Å². The zero-order valence-electron chi connectivity index (χ0n) is 16.0.